The minimum Gasteiger partial charge on any atom is -0.487 e. The number of hydrogen-bond donors (Lipinski definition) is 1. The van der Waals surface area contributed by atoms with E-state index in [9.17, 15) is 14.0 Å². The molecule has 0 spiro atoms. The first-order valence-corrected chi connectivity index (χ1v) is 10.9. The summed E-state index contributed by atoms with van der Waals surface area (Å²) in [6.45, 7) is 7.42. The zero-order valence-electron chi connectivity index (χ0n) is 17.9. The highest BCUT2D eigenvalue weighted by molar-refractivity contribution is 7.17. The molecule has 0 bridgehead atoms. The molecule has 2 atom stereocenters. The number of Topliss-reactive ketones (excluding diaryl/α,β-unsaturated/α-hetero) is 1. The molecule has 1 amide bonds. The summed E-state index contributed by atoms with van der Waals surface area (Å²) in [7, 11) is 0. The number of fused-ring (bicyclic) bond motifs is 1. The molecule has 0 unspecified atom stereocenters. The van der Waals surface area contributed by atoms with Crippen LogP contribution >= 0.6 is 11.3 Å². The van der Waals surface area contributed by atoms with Crippen molar-refractivity contribution in [2.75, 3.05) is 6.54 Å². The van der Waals surface area contributed by atoms with Crippen LogP contribution in [0.3, 0.4) is 0 Å². The number of ether oxygens (including phenoxy) is 1. The standard InChI is InChI=1S/C23H24FN3O3S/c1-12-7-13(2)27(26-12)14(3)23(29)25-11-18-9-16-8-17(24)10-19(22(16)30-18)21-6-5-20(31-21)15(4)28/h5-8,10,14,18H,9,11H2,1-4H3,(H,25,29)/t14-,18+/m0/s1. The summed E-state index contributed by atoms with van der Waals surface area (Å²) in [6, 6.07) is 7.94. The third kappa shape index (κ3) is 4.25. The van der Waals surface area contributed by atoms with Crippen LogP contribution in [0.4, 0.5) is 4.39 Å². The number of hydrogen-bond acceptors (Lipinski definition) is 5. The maximum atomic E-state index is 14.3. The number of halogens is 1. The molecular formula is C23H24FN3O3S. The number of thiophene rings is 1. The summed E-state index contributed by atoms with van der Waals surface area (Å²) in [5.41, 5.74) is 3.18. The van der Waals surface area contributed by atoms with Crippen LogP contribution in [0.2, 0.25) is 0 Å². The fourth-order valence-corrected chi connectivity index (χ4v) is 4.79. The van der Waals surface area contributed by atoms with Crippen LogP contribution < -0.4 is 10.1 Å². The summed E-state index contributed by atoms with van der Waals surface area (Å²) in [6.07, 6.45) is 0.207. The fourth-order valence-electron chi connectivity index (χ4n) is 3.87. The number of aromatic nitrogens is 2. The van der Waals surface area contributed by atoms with E-state index in [-0.39, 0.29) is 23.6 Å². The Hall–Kier alpha value is -3.00. The highest BCUT2D eigenvalue weighted by Crippen LogP contribution is 2.42. The smallest absolute Gasteiger partial charge is 0.244 e. The van der Waals surface area contributed by atoms with Crippen molar-refractivity contribution in [1.29, 1.82) is 0 Å². The first-order valence-electron chi connectivity index (χ1n) is 10.1. The number of ketones is 1. The van der Waals surface area contributed by atoms with Gasteiger partial charge in [-0.2, -0.15) is 5.10 Å². The van der Waals surface area contributed by atoms with Gasteiger partial charge >= 0.3 is 0 Å². The molecule has 1 aromatic carbocycles. The molecule has 31 heavy (non-hydrogen) atoms. The molecule has 1 aliphatic rings. The van der Waals surface area contributed by atoms with Gasteiger partial charge in [-0.15, -0.1) is 11.3 Å². The maximum Gasteiger partial charge on any atom is 0.244 e. The van der Waals surface area contributed by atoms with Crippen LogP contribution in [0.1, 0.15) is 46.5 Å². The summed E-state index contributed by atoms with van der Waals surface area (Å²) >= 11 is 1.32. The molecule has 2 aromatic heterocycles. The van der Waals surface area contributed by atoms with Crippen molar-refractivity contribution in [3.8, 4) is 16.2 Å². The third-order valence-corrected chi connectivity index (χ3v) is 6.60. The molecule has 3 heterocycles. The highest BCUT2D eigenvalue weighted by Gasteiger charge is 2.29. The second-order valence-corrected chi connectivity index (χ2v) is 8.98. The second kappa shape index (κ2) is 8.26. The second-order valence-electron chi connectivity index (χ2n) is 7.90. The van der Waals surface area contributed by atoms with E-state index in [0.717, 1.165) is 21.8 Å². The van der Waals surface area contributed by atoms with Crippen molar-refractivity contribution in [2.24, 2.45) is 0 Å². The third-order valence-electron chi connectivity index (χ3n) is 5.38. The zero-order valence-corrected chi connectivity index (χ0v) is 18.7. The summed E-state index contributed by atoms with van der Waals surface area (Å²) in [4.78, 5) is 25.7. The predicted octanol–water partition coefficient (Wildman–Crippen LogP) is 4.25. The fraction of sp³-hybridized carbons (Fsp3) is 0.348. The number of nitrogens with zero attached hydrogens (tertiary/aromatic N) is 2. The van der Waals surface area contributed by atoms with Crippen LogP contribution in [0.15, 0.2) is 30.3 Å². The van der Waals surface area contributed by atoms with Gasteiger partial charge in [0.05, 0.1) is 17.1 Å². The van der Waals surface area contributed by atoms with Crippen molar-refractivity contribution in [3.05, 3.63) is 58.0 Å². The van der Waals surface area contributed by atoms with Crippen LogP contribution in [-0.2, 0) is 11.2 Å². The van der Waals surface area contributed by atoms with E-state index in [0.29, 0.717) is 29.2 Å². The van der Waals surface area contributed by atoms with Gasteiger partial charge in [0.2, 0.25) is 5.91 Å². The molecule has 162 valence electrons. The molecule has 0 saturated heterocycles. The Balaban J connectivity index is 1.46. The average molecular weight is 442 g/mol. The lowest BCUT2D eigenvalue weighted by atomic mass is 10.0. The highest BCUT2D eigenvalue weighted by atomic mass is 32.1. The van der Waals surface area contributed by atoms with Crippen molar-refractivity contribution < 1.29 is 18.7 Å². The normalized spacial score (nSPS) is 16.0. The first-order chi connectivity index (χ1) is 14.7. The van der Waals surface area contributed by atoms with Crippen LogP contribution in [0, 0.1) is 19.7 Å². The van der Waals surface area contributed by atoms with Gasteiger partial charge in [0.15, 0.2) is 5.78 Å². The van der Waals surface area contributed by atoms with E-state index in [1.165, 1.54) is 30.4 Å². The lowest BCUT2D eigenvalue weighted by Crippen LogP contribution is -2.38. The van der Waals surface area contributed by atoms with E-state index >= 15 is 0 Å². The number of amides is 1. The van der Waals surface area contributed by atoms with Gasteiger partial charge in [-0.3, -0.25) is 14.3 Å². The van der Waals surface area contributed by atoms with E-state index < -0.39 is 6.04 Å². The van der Waals surface area contributed by atoms with Gasteiger partial charge in [0.1, 0.15) is 23.7 Å². The summed E-state index contributed by atoms with van der Waals surface area (Å²) in [5, 5.41) is 7.30. The summed E-state index contributed by atoms with van der Waals surface area (Å²) in [5.74, 6) is 0.0891. The summed E-state index contributed by atoms with van der Waals surface area (Å²) < 4.78 is 22.0. The molecule has 8 heteroatoms. The minimum atomic E-state index is -0.443. The van der Waals surface area contributed by atoms with Gasteiger partial charge in [-0.25, -0.2) is 4.39 Å². The van der Waals surface area contributed by atoms with E-state index in [1.807, 2.05) is 26.0 Å². The Morgan fingerprint density at radius 2 is 2.10 bits per heavy atom. The molecular weight excluding hydrogens is 417 g/mol. The van der Waals surface area contributed by atoms with Crippen molar-refractivity contribution >= 4 is 23.0 Å². The SMILES string of the molecule is CC(=O)c1ccc(-c2cc(F)cc3c2O[C@@H](CNC(=O)[C@H](C)n2nc(C)cc2C)C3)s1. The quantitative estimate of drug-likeness (QED) is 0.581. The number of benzene rings is 1. The Morgan fingerprint density at radius 3 is 2.74 bits per heavy atom. The average Bonchev–Trinajstić information content (AvgIpc) is 3.42. The van der Waals surface area contributed by atoms with Gasteiger partial charge in [-0.1, -0.05) is 0 Å². The predicted molar refractivity (Wildman–Crippen MR) is 117 cm³/mol. The largest absolute Gasteiger partial charge is 0.487 e. The van der Waals surface area contributed by atoms with E-state index in [2.05, 4.69) is 10.4 Å². The molecule has 1 aliphatic heterocycles. The topological polar surface area (TPSA) is 73.2 Å². The van der Waals surface area contributed by atoms with Crippen molar-refractivity contribution in [1.82, 2.24) is 15.1 Å². The number of carbonyl (C=O) groups excluding carboxylic acids is 2. The van der Waals surface area contributed by atoms with Gasteiger partial charge in [0.25, 0.3) is 0 Å². The molecule has 0 saturated carbocycles. The van der Waals surface area contributed by atoms with Crippen LogP contribution in [-0.4, -0.2) is 34.1 Å². The Labute approximate surface area is 184 Å². The molecule has 1 N–H and O–H groups in total. The molecule has 3 aromatic rings. The minimum absolute atomic E-state index is 0.0254. The number of carbonyl (C=O) groups is 2. The number of nitrogens with one attached hydrogen (secondary N) is 1. The van der Waals surface area contributed by atoms with Gasteiger partial charge in [-0.05, 0) is 58.0 Å². The molecule has 0 radical (unpaired) electrons. The van der Waals surface area contributed by atoms with Crippen LogP contribution in [0.25, 0.3) is 10.4 Å². The lowest BCUT2D eigenvalue weighted by molar-refractivity contribution is -0.124. The number of aryl methyl sites for hydroxylation is 2. The Kier molecular flexibility index (Phi) is 5.66. The lowest BCUT2D eigenvalue weighted by Gasteiger charge is -2.17. The monoisotopic (exact) mass is 441 g/mol. The Bertz CT molecular complexity index is 1170. The van der Waals surface area contributed by atoms with Gasteiger partial charge in [0, 0.05) is 28.1 Å². The maximum absolute atomic E-state index is 14.3. The van der Waals surface area contributed by atoms with E-state index in [1.54, 1.807) is 17.7 Å². The zero-order chi connectivity index (χ0) is 22.3. The Morgan fingerprint density at radius 1 is 1.32 bits per heavy atom. The van der Waals surface area contributed by atoms with E-state index in [4.69, 9.17) is 4.74 Å². The number of rotatable bonds is 6. The van der Waals surface area contributed by atoms with Crippen molar-refractivity contribution in [3.63, 3.8) is 0 Å². The van der Waals surface area contributed by atoms with Crippen molar-refractivity contribution in [2.45, 2.75) is 46.3 Å². The van der Waals surface area contributed by atoms with Crippen LogP contribution in [0.5, 0.6) is 5.75 Å². The van der Waals surface area contributed by atoms with Gasteiger partial charge < -0.3 is 10.1 Å². The first kappa shape index (κ1) is 21.2. The molecule has 6 nitrogen and oxygen atoms in total. The molecule has 0 aliphatic carbocycles. The molecule has 4 rings (SSSR count). The molecule has 0 fully saturated rings.